The van der Waals surface area contributed by atoms with Gasteiger partial charge < -0.3 is 13.7 Å². The molecule has 0 saturated carbocycles. The molecule has 0 unspecified atom stereocenters. The first-order valence-electron chi connectivity index (χ1n) is 10.9. The number of rotatable bonds is 8. The van der Waals surface area contributed by atoms with E-state index in [4.69, 9.17) is 9.72 Å². The summed E-state index contributed by atoms with van der Waals surface area (Å²) in [6.07, 6.45) is 5.07. The predicted molar refractivity (Wildman–Crippen MR) is 132 cm³/mol. The fraction of sp³-hybridized carbons (Fsp3) is 0.192. The van der Waals surface area contributed by atoms with Crippen molar-refractivity contribution in [1.82, 2.24) is 24.1 Å². The Morgan fingerprint density at radius 2 is 1.73 bits per heavy atom. The van der Waals surface area contributed by atoms with E-state index in [2.05, 4.69) is 68.8 Å². The number of hydrogen-bond acceptors (Lipinski definition) is 5. The highest BCUT2D eigenvalue weighted by atomic mass is 32.2. The van der Waals surface area contributed by atoms with Crippen LogP contribution in [0.2, 0.25) is 0 Å². The average Bonchev–Trinajstić information content (AvgIpc) is 3.45. The van der Waals surface area contributed by atoms with Crippen LogP contribution in [-0.4, -0.2) is 31.3 Å². The fourth-order valence-electron chi connectivity index (χ4n) is 3.87. The molecule has 6 nitrogen and oxygen atoms in total. The Kier molecular flexibility index (Phi) is 6.13. The topological polar surface area (TPSA) is 57.2 Å². The van der Waals surface area contributed by atoms with Gasteiger partial charge >= 0.3 is 0 Å². The van der Waals surface area contributed by atoms with E-state index < -0.39 is 0 Å². The van der Waals surface area contributed by atoms with Crippen molar-refractivity contribution in [2.45, 2.75) is 30.8 Å². The van der Waals surface area contributed by atoms with Gasteiger partial charge in [-0.1, -0.05) is 60.3 Å². The highest BCUT2D eigenvalue weighted by molar-refractivity contribution is 7.98. The predicted octanol–water partition coefficient (Wildman–Crippen LogP) is 5.44. The molecule has 33 heavy (non-hydrogen) atoms. The van der Waals surface area contributed by atoms with Gasteiger partial charge in [-0.2, -0.15) is 0 Å². The summed E-state index contributed by atoms with van der Waals surface area (Å²) in [6.45, 7) is 2.86. The van der Waals surface area contributed by atoms with Crippen LogP contribution < -0.4 is 4.74 Å². The summed E-state index contributed by atoms with van der Waals surface area (Å²) < 4.78 is 9.86. The standard InChI is InChI=1S/C26H25N5OS/c1-19-12-13-24-27-21(17-30(24)16-19)18-33-26-29-28-25(22-10-6-7-11-23(22)32-2)31(26)15-14-20-8-4-3-5-9-20/h3-13,16-17H,14-15,18H2,1-2H3. The van der Waals surface area contributed by atoms with Crippen LogP contribution in [0.1, 0.15) is 16.8 Å². The molecule has 7 heteroatoms. The number of thioether (sulfide) groups is 1. The highest BCUT2D eigenvalue weighted by Crippen LogP contribution is 2.32. The first-order valence-corrected chi connectivity index (χ1v) is 11.9. The van der Waals surface area contributed by atoms with Crippen molar-refractivity contribution in [3.63, 3.8) is 0 Å². The van der Waals surface area contributed by atoms with Crippen LogP contribution in [0.15, 0.2) is 84.3 Å². The molecule has 0 aliphatic rings. The van der Waals surface area contributed by atoms with Crippen LogP contribution in [-0.2, 0) is 18.7 Å². The molecule has 3 heterocycles. The number of pyridine rings is 1. The van der Waals surface area contributed by atoms with E-state index >= 15 is 0 Å². The lowest BCUT2D eigenvalue weighted by Gasteiger charge is -2.12. The summed E-state index contributed by atoms with van der Waals surface area (Å²) in [5.41, 5.74) is 5.40. The van der Waals surface area contributed by atoms with Crippen molar-refractivity contribution >= 4 is 17.4 Å². The van der Waals surface area contributed by atoms with Gasteiger partial charge in [0.15, 0.2) is 11.0 Å². The van der Waals surface area contributed by atoms with Crippen LogP contribution in [0, 0.1) is 6.92 Å². The third-order valence-corrected chi connectivity index (χ3v) is 6.53. The third-order valence-electron chi connectivity index (χ3n) is 5.53. The van der Waals surface area contributed by atoms with E-state index in [1.807, 2.05) is 36.4 Å². The maximum Gasteiger partial charge on any atom is 0.191 e. The van der Waals surface area contributed by atoms with E-state index in [1.165, 1.54) is 11.1 Å². The number of para-hydroxylation sites is 1. The number of ether oxygens (including phenoxy) is 1. The molecule has 0 radical (unpaired) electrons. The van der Waals surface area contributed by atoms with Crippen LogP contribution in [0.3, 0.4) is 0 Å². The third kappa shape index (κ3) is 4.64. The minimum atomic E-state index is 0.718. The second-order valence-electron chi connectivity index (χ2n) is 7.89. The van der Waals surface area contributed by atoms with Crippen molar-refractivity contribution in [2.24, 2.45) is 0 Å². The number of hydrogen-bond donors (Lipinski definition) is 0. The van der Waals surface area contributed by atoms with Crippen LogP contribution >= 0.6 is 11.8 Å². The average molecular weight is 456 g/mol. The molecule has 0 spiro atoms. The number of aryl methyl sites for hydroxylation is 2. The van der Waals surface area contributed by atoms with Crippen molar-refractivity contribution in [3.8, 4) is 17.1 Å². The first-order chi connectivity index (χ1) is 16.2. The number of aromatic nitrogens is 5. The molecule has 0 atom stereocenters. The van der Waals surface area contributed by atoms with Gasteiger partial charge in [-0.25, -0.2) is 4.98 Å². The minimum Gasteiger partial charge on any atom is -0.496 e. The number of nitrogens with zero attached hydrogens (tertiary/aromatic N) is 5. The molecule has 166 valence electrons. The lowest BCUT2D eigenvalue weighted by atomic mass is 10.1. The van der Waals surface area contributed by atoms with Crippen molar-refractivity contribution < 1.29 is 4.74 Å². The van der Waals surface area contributed by atoms with Crippen molar-refractivity contribution in [3.05, 3.63) is 95.9 Å². The molecule has 0 bridgehead atoms. The molecule has 0 aliphatic carbocycles. The summed E-state index contributed by atoms with van der Waals surface area (Å²) in [5.74, 6) is 2.32. The van der Waals surface area contributed by atoms with Gasteiger partial charge in [0.1, 0.15) is 11.4 Å². The normalized spacial score (nSPS) is 11.2. The fourth-order valence-corrected chi connectivity index (χ4v) is 4.72. The quantitative estimate of drug-likeness (QED) is 0.292. The monoisotopic (exact) mass is 455 g/mol. The summed E-state index contributed by atoms with van der Waals surface area (Å²) in [4.78, 5) is 4.75. The molecular weight excluding hydrogens is 430 g/mol. The first kappa shape index (κ1) is 21.3. The zero-order valence-electron chi connectivity index (χ0n) is 18.7. The largest absolute Gasteiger partial charge is 0.496 e. The van der Waals surface area contributed by atoms with Gasteiger partial charge in [-0.15, -0.1) is 10.2 Å². The number of methoxy groups -OCH3 is 1. The molecule has 2 aromatic carbocycles. The molecular formula is C26H25N5OS. The number of fused-ring (bicyclic) bond motifs is 1. The molecule has 0 N–H and O–H groups in total. The van der Waals surface area contributed by atoms with Crippen molar-refractivity contribution in [2.75, 3.05) is 7.11 Å². The Morgan fingerprint density at radius 1 is 0.909 bits per heavy atom. The number of benzene rings is 2. The molecule has 0 saturated heterocycles. The second kappa shape index (κ2) is 9.50. The Morgan fingerprint density at radius 3 is 2.58 bits per heavy atom. The smallest absolute Gasteiger partial charge is 0.191 e. The number of imidazole rings is 1. The summed E-state index contributed by atoms with van der Waals surface area (Å²) >= 11 is 1.66. The van der Waals surface area contributed by atoms with Crippen LogP contribution in [0.4, 0.5) is 0 Å². The summed E-state index contributed by atoms with van der Waals surface area (Å²) in [7, 11) is 1.68. The van der Waals surface area contributed by atoms with E-state index in [0.29, 0.717) is 0 Å². The molecule has 0 aliphatic heterocycles. The van der Waals surface area contributed by atoms with Gasteiger partial charge in [0.05, 0.1) is 18.4 Å². The highest BCUT2D eigenvalue weighted by Gasteiger charge is 2.18. The molecule has 0 fully saturated rings. The zero-order valence-corrected chi connectivity index (χ0v) is 19.5. The lowest BCUT2D eigenvalue weighted by Crippen LogP contribution is -2.06. The summed E-state index contributed by atoms with van der Waals surface area (Å²) in [6, 6.07) is 22.6. The molecule has 5 aromatic rings. The van der Waals surface area contributed by atoms with Crippen molar-refractivity contribution in [1.29, 1.82) is 0 Å². The maximum atomic E-state index is 5.60. The van der Waals surface area contributed by atoms with Gasteiger partial charge in [-0.05, 0) is 42.7 Å². The lowest BCUT2D eigenvalue weighted by molar-refractivity contribution is 0.415. The molecule has 3 aromatic heterocycles. The molecule has 0 amide bonds. The van der Waals surface area contributed by atoms with E-state index in [0.717, 1.165) is 52.4 Å². The molecule has 5 rings (SSSR count). The van der Waals surface area contributed by atoms with E-state index in [-0.39, 0.29) is 0 Å². The van der Waals surface area contributed by atoms with Gasteiger partial charge in [-0.3, -0.25) is 0 Å². The Labute approximate surface area is 197 Å². The van der Waals surface area contributed by atoms with Gasteiger partial charge in [0.2, 0.25) is 0 Å². The van der Waals surface area contributed by atoms with E-state index in [9.17, 15) is 0 Å². The maximum absolute atomic E-state index is 5.60. The Bertz CT molecular complexity index is 1380. The minimum absolute atomic E-state index is 0.718. The van der Waals surface area contributed by atoms with Crippen LogP contribution in [0.5, 0.6) is 5.75 Å². The Balaban J connectivity index is 1.44. The van der Waals surface area contributed by atoms with Gasteiger partial charge in [0, 0.05) is 24.7 Å². The SMILES string of the molecule is COc1ccccc1-c1nnc(SCc2cn3cc(C)ccc3n2)n1CCc1ccccc1. The second-order valence-corrected chi connectivity index (χ2v) is 8.83. The zero-order chi connectivity index (χ0) is 22.6. The Hall–Kier alpha value is -3.58. The van der Waals surface area contributed by atoms with Crippen LogP contribution in [0.25, 0.3) is 17.0 Å². The van der Waals surface area contributed by atoms with E-state index in [1.54, 1.807) is 18.9 Å². The summed E-state index contributed by atoms with van der Waals surface area (Å²) in [5, 5.41) is 9.98. The van der Waals surface area contributed by atoms with Gasteiger partial charge in [0.25, 0.3) is 0 Å².